The van der Waals surface area contributed by atoms with Crippen LogP contribution in [0.5, 0.6) is 5.75 Å². The molecule has 3 heterocycles. The van der Waals surface area contributed by atoms with Gasteiger partial charge in [0.15, 0.2) is 0 Å². The summed E-state index contributed by atoms with van der Waals surface area (Å²) in [7, 11) is 1.64. The Balaban J connectivity index is 1.42. The van der Waals surface area contributed by atoms with Crippen molar-refractivity contribution in [1.29, 1.82) is 0 Å². The molecule has 0 saturated carbocycles. The topological polar surface area (TPSA) is 112 Å². The zero-order chi connectivity index (χ0) is 29.4. The molecule has 1 aliphatic rings. The van der Waals surface area contributed by atoms with Crippen LogP contribution in [0.25, 0.3) is 22.0 Å². The average molecular weight is 566 g/mol. The van der Waals surface area contributed by atoms with E-state index in [2.05, 4.69) is 9.97 Å². The van der Waals surface area contributed by atoms with Crippen LogP contribution < -0.4 is 20.9 Å². The summed E-state index contributed by atoms with van der Waals surface area (Å²) in [6, 6.07) is 9.89. The number of carbonyl (C=O) groups is 1. The minimum absolute atomic E-state index is 0.0252. The fraction of sp³-hybridized carbons (Fsp3) is 0.379. The van der Waals surface area contributed by atoms with E-state index >= 15 is 0 Å². The average Bonchev–Trinajstić information content (AvgIpc) is 3.18. The fourth-order valence-corrected chi connectivity index (χ4v) is 5.31. The fourth-order valence-electron chi connectivity index (χ4n) is 5.31. The van der Waals surface area contributed by atoms with E-state index in [1.807, 2.05) is 30.9 Å². The molecule has 0 bridgehead atoms. The number of rotatable bonds is 7. The standard InChI is InChI=1S/C29H33F2N7O3/c1-17-5-8-25(41-28(30)31)21(11-17)16-38-24-12-20(6-7-23(24)27(40)35(38)4)22-13-33-29(34-14-22)36-9-10-37(18(2)15-36)26(39)19(3)32/h5-8,11-14,18-19,28H,9-10,15-16,32H2,1-4H3/t18-,19+/m1/s1. The second-order valence-electron chi connectivity index (χ2n) is 10.5. The SMILES string of the molecule is Cc1ccc(OC(F)F)c(Cn2c3cc(-c4cnc(N5CCN(C(=O)[C@H](C)N)[C@H](C)C5)nc4)ccc3c(=O)n2C)c1. The van der Waals surface area contributed by atoms with Crippen LogP contribution in [0.4, 0.5) is 14.7 Å². The van der Waals surface area contributed by atoms with E-state index < -0.39 is 12.7 Å². The van der Waals surface area contributed by atoms with Crippen LogP contribution >= 0.6 is 0 Å². The Labute approximate surface area is 235 Å². The molecule has 2 atom stereocenters. The summed E-state index contributed by atoms with van der Waals surface area (Å²) in [5.74, 6) is 0.567. The molecule has 4 aromatic rings. The van der Waals surface area contributed by atoms with Crippen LogP contribution in [0, 0.1) is 6.92 Å². The Morgan fingerprint density at radius 3 is 2.51 bits per heavy atom. The number of ether oxygens (including phenoxy) is 1. The van der Waals surface area contributed by atoms with Crippen LogP contribution in [-0.2, 0) is 18.4 Å². The Hall–Kier alpha value is -4.32. The van der Waals surface area contributed by atoms with Gasteiger partial charge in [0.1, 0.15) is 5.75 Å². The molecule has 2 aromatic heterocycles. The van der Waals surface area contributed by atoms with Crippen molar-refractivity contribution in [1.82, 2.24) is 24.2 Å². The third-order valence-electron chi connectivity index (χ3n) is 7.47. The second-order valence-corrected chi connectivity index (χ2v) is 10.5. The van der Waals surface area contributed by atoms with Gasteiger partial charge in [-0.15, -0.1) is 0 Å². The lowest BCUT2D eigenvalue weighted by Crippen LogP contribution is -2.57. The van der Waals surface area contributed by atoms with Crippen molar-refractivity contribution < 1.29 is 18.3 Å². The third kappa shape index (κ3) is 5.64. The van der Waals surface area contributed by atoms with Crippen molar-refractivity contribution in [3.63, 3.8) is 0 Å². The summed E-state index contributed by atoms with van der Waals surface area (Å²) >= 11 is 0. The number of amides is 1. The molecule has 0 radical (unpaired) electrons. The van der Waals surface area contributed by atoms with Crippen molar-refractivity contribution in [2.75, 3.05) is 24.5 Å². The molecule has 41 heavy (non-hydrogen) atoms. The zero-order valence-electron chi connectivity index (χ0n) is 23.4. The molecule has 12 heteroatoms. The highest BCUT2D eigenvalue weighted by Gasteiger charge is 2.30. The zero-order valence-corrected chi connectivity index (χ0v) is 23.4. The molecule has 10 nitrogen and oxygen atoms in total. The van der Waals surface area contributed by atoms with E-state index in [1.54, 1.807) is 54.1 Å². The number of aryl methyl sites for hydroxylation is 1. The number of piperazine rings is 1. The molecule has 0 aliphatic carbocycles. The van der Waals surface area contributed by atoms with Crippen LogP contribution in [0.15, 0.2) is 53.6 Å². The quantitative estimate of drug-likeness (QED) is 0.367. The molecule has 2 N–H and O–H groups in total. The maximum Gasteiger partial charge on any atom is 0.387 e. The second kappa shape index (κ2) is 11.3. The number of carbonyl (C=O) groups excluding carboxylic acids is 1. The van der Waals surface area contributed by atoms with Gasteiger partial charge in [0.25, 0.3) is 5.56 Å². The number of anilines is 1. The van der Waals surface area contributed by atoms with E-state index in [-0.39, 0.29) is 29.8 Å². The van der Waals surface area contributed by atoms with Crippen LogP contribution in [0.2, 0.25) is 0 Å². The van der Waals surface area contributed by atoms with Gasteiger partial charge in [0.2, 0.25) is 11.9 Å². The van der Waals surface area contributed by atoms with Gasteiger partial charge < -0.3 is 20.3 Å². The summed E-state index contributed by atoms with van der Waals surface area (Å²) in [4.78, 5) is 38.4. The maximum absolute atomic E-state index is 13.0. The smallest absolute Gasteiger partial charge is 0.387 e. The first kappa shape index (κ1) is 28.2. The molecule has 1 aliphatic heterocycles. The van der Waals surface area contributed by atoms with Gasteiger partial charge in [-0.1, -0.05) is 23.8 Å². The lowest BCUT2D eigenvalue weighted by Gasteiger charge is -2.40. The van der Waals surface area contributed by atoms with Crippen LogP contribution in [0.3, 0.4) is 0 Å². The van der Waals surface area contributed by atoms with Gasteiger partial charge in [-0.05, 0) is 44.5 Å². The lowest BCUT2D eigenvalue weighted by molar-refractivity contribution is -0.134. The molecule has 0 unspecified atom stereocenters. The number of alkyl halides is 2. The van der Waals surface area contributed by atoms with Gasteiger partial charge in [-0.25, -0.2) is 9.97 Å². The normalized spacial score (nSPS) is 16.4. The minimum atomic E-state index is -2.96. The Bertz CT molecular complexity index is 1630. The molecular weight excluding hydrogens is 532 g/mol. The van der Waals surface area contributed by atoms with Crippen molar-refractivity contribution in [2.45, 2.75) is 46.0 Å². The molecule has 2 aromatic carbocycles. The number of hydrogen-bond acceptors (Lipinski definition) is 7. The number of halogens is 2. The predicted octanol–water partition coefficient (Wildman–Crippen LogP) is 3.14. The first-order valence-corrected chi connectivity index (χ1v) is 13.4. The summed E-state index contributed by atoms with van der Waals surface area (Å²) in [5.41, 5.74) is 9.22. The van der Waals surface area contributed by atoms with E-state index in [4.69, 9.17) is 10.5 Å². The van der Waals surface area contributed by atoms with E-state index in [9.17, 15) is 18.4 Å². The van der Waals surface area contributed by atoms with Crippen LogP contribution in [0.1, 0.15) is 25.0 Å². The highest BCUT2D eigenvalue weighted by atomic mass is 19.3. The minimum Gasteiger partial charge on any atom is -0.434 e. The highest BCUT2D eigenvalue weighted by molar-refractivity contribution is 5.84. The highest BCUT2D eigenvalue weighted by Crippen LogP contribution is 2.27. The van der Waals surface area contributed by atoms with Gasteiger partial charge in [-0.2, -0.15) is 8.78 Å². The summed E-state index contributed by atoms with van der Waals surface area (Å²) in [5, 5.41) is 0.506. The number of nitrogens with zero attached hydrogens (tertiary/aromatic N) is 6. The van der Waals surface area contributed by atoms with Crippen molar-refractivity contribution >= 4 is 22.8 Å². The molecule has 0 spiro atoms. The van der Waals surface area contributed by atoms with Gasteiger partial charge in [-0.3, -0.25) is 19.0 Å². The monoisotopic (exact) mass is 565 g/mol. The lowest BCUT2D eigenvalue weighted by atomic mass is 10.1. The van der Waals surface area contributed by atoms with Gasteiger partial charge in [0, 0.05) is 56.2 Å². The molecule has 1 amide bonds. The largest absolute Gasteiger partial charge is 0.434 e. The predicted molar refractivity (Wildman–Crippen MR) is 152 cm³/mol. The summed E-state index contributed by atoms with van der Waals surface area (Å²) < 4.78 is 34.0. The van der Waals surface area contributed by atoms with E-state index in [0.29, 0.717) is 42.0 Å². The Morgan fingerprint density at radius 1 is 1.12 bits per heavy atom. The number of fused-ring (bicyclic) bond motifs is 1. The van der Waals surface area contributed by atoms with Crippen molar-refractivity contribution in [3.05, 3.63) is 70.3 Å². The first-order chi connectivity index (χ1) is 19.5. The summed E-state index contributed by atoms with van der Waals surface area (Å²) in [6.07, 6.45) is 3.46. The molecule has 5 rings (SSSR count). The Morgan fingerprint density at radius 2 is 1.85 bits per heavy atom. The van der Waals surface area contributed by atoms with Crippen LogP contribution in [-0.4, -0.2) is 68.5 Å². The Kier molecular flexibility index (Phi) is 7.76. The molecule has 1 fully saturated rings. The third-order valence-corrected chi connectivity index (χ3v) is 7.47. The molecular formula is C29H33F2N7O3. The maximum atomic E-state index is 13.0. The van der Waals surface area contributed by atoms with Crippen molar-refractivity contribution in [3.8, 4) is 16.9 Å². The van der Waals surface area contributed by atoms with E-state index in [1.165, 1.54) is 10.7 Å². The number of nitrogens with two attached hydrogens (primary N) is 1. The van der Waals surface area contributed by atoms with Gasteiger partial charge in [0.05, 0.1) is 23.5 Å². The molecule has 1 saturated heterocycles. The van der Waals surface area contributed by atoms with E-state index in [0.717, 1.165) is 16.7 Å². The molecule has 216 valence electrons. The first-order valence-electron chi connectivity index (χ1n) is 13.4. The van der Waals surface area contributed by atoms with Crippen molar-refractivity contribution in [2.24, 2.45) is 12.8 Å². The number of benzene rings is 2. The number of hydrogen-bond donors (Lipinski definition) is 1. The van der Waals surface area contributed by atoms with Gasteiger partial charge >= 0.3 is 6.61 Å². The number of aromatic nitrogens is 4. The summed E-state index contributed by atoms with van der Waals surface area (Å²) in [6.45, 7) is 4.47.